The molecule has 1 fully saturated rings. The number of aromatic nitrogens is 6. The molecule has 3 aromatic carbocycles. The van der Waals surface area contributed by atoms with E-state index in [0.29, 0.717) is 22.8 Å². The number of rotatable bonds is 6. The SMILES string of the molecule is CCCN(CC1CC1)C(=O)c1c2ccc[c-]c2nn1C.COC(=O)c1c2ccc[c-]c2nn1C.Cn1cc2cccc(Br)c2n1.[Y].[Y]. The van der Waals surface area contributed by atoms with E-state index in [1.54, 1.807) is 17.8 Å². The number of hydrogen-bond acceptors (Lipinski definition) is 6. The summed E-state index contributed by atoms with van der Waals surface area (Å²) in [5.41, 5.74) is 3.61. The van der Waals surface area contributed by atoms with Gasteiger partial charge in [0.1, 0.15) is 5.52 Å². The predicted molar refractivity (Wildman–Crippen MR) is 178 cm³/mol. The van der Waals surface area contributed by atoms with Crippen LogP contribution in [0.25, 0.3) is 32.7 Å². The number of esters is 1. The molecular formula is C34H36BrN7O3Y2-2. The summed E-state index contributed by atoms with van der Waals surface area (Å²) in [4.78, 5) is 26.2. The van der Waals surface area contributed by atoms with Crippen LogP contribution in [0.5, 0.6) is 0 Å². The molecule has 13 heteroatoms. The molecule has 1 aliphatic rings. The van der Waals surface area contributed by atoms with Gasteiger partial charge < -0.3 is 9.64 Å². The summed E-state index contributed by atoms with van der Waals surface area (Å²) in [6.07, 6.45) is 5.50. The number of nitrogens with zero attached hydrogens (tertiary/aromatic N) is 7. The Hall–Kier alpha value is -2.30. The number of benzene rings is 3. The molecule has 240 valence electrons. The maximum atomic E-state index is 12.8. The minimum Gasteiger partial charge on any atom is -0.465 e. The molecule has 0 unspecified atom stereocenters. The zero-order valence-electron chi connectivity index (χ0n) is 27.3. The molecule has 1 saturated carbocycles. The second-order valence-electron chi connectivity index (χ2n) is 11.0. The van der Waals surface area contributed by atoms with Gasteiger partial charge in [-0.3, -0.25) is 18.8 Å². The summed E-state index contributed by atoms with van der Waals surface area (Å²) in [6.45, 7) is 3.82. The van der Waals surface area contributed by atoms with Crippen molar-refractivity contribution in [3.63, 3.8) is 0 Å². The maximum absolute atomic E-state index is 12.8. The number of fused-ring (bicyclic) bond motifs is 3. The molecule has 0 aliphatic heterocycles. The van der Waals surface area contributed by atoms with Crippen molar-refractivity contribution in [2.45, 2.75) is 26.2 Å². The number of amides is 1. The number of ether oxygens (including phenoxy) is 1. The van der Waals surface area contributed by atoms with Gasteiger partial charge in [0.05, 0.1) is 18.5 Å². The van der Waals surface area contributed by atoms with Crippen molar-refractivity contribution < 1.29 is 79.7 Å². The van der Waals surface area contributed by atoms with Crippen molar-refractivity contribution in [2.24, 2.45) is 27.1 Å². The normalized spacial score (nSPS) is 11.9. The van der Waals surface area contributed by atoms with Crippen LogP contribution in [-0.2, 0) is 91.3 Å². The Bertz CT molecular complexity index is 1970. The molecule has 47 heavy (non-hydrogen) atoms. The molecule has 0 N–H and O–H groups in total. The summed E-state index contributed by atoms with van der Waals surface area (Å²) in [5, 5.41) is 15.6. The Morgan fingerprint density at radius 3 is 2.06 bits per heavy atom. The molecule has 3 aromatic heterocycles. The number of carbonyl (C=O) groups is 2. The zero-order chi connectivity index (χ0) is 32.1. The molecule has 0 atom stereocenters. The van der Waals surface area contributed by atoms with E-state index in [4.69, 9.17) is 0 Å². The molecule has 6 aromatic rings. The first-order chi connectivity index (χ1) is 21.7. The smallest absolute Gasteiger partial charge is 0.344 e. The average Bonchev–Trinajstić information content (AvgIpc) is 3.52. The first-order valence-electron chi connectivity index (χ1n) is 14.8. The number of aryl methyl sites for hydroxylation is 3. The fourth-order valence-electron chi connectivity index (χ4n) is 5.18. The van der Waals surface area contributed by atoms with Crippen molar-refractivity contribution in [1.29, 1.82) is 0 Å². The predicted octanol–water partition coefficient (Wildman–Crippen LogP) is 6.13. The standard InChI is InChI=1S/C16H20N3O.C10H9N2O2.C8H7BrN2.2Y/c1-3-10-19(11-12-8-9-12)16(20)15-13-6-4-5-7-14(13)17-18(15)2;1-12-9(10(13)14-2)7-5-3-4-6-8(7)11-12;1-11-5-6-3-2-4-7(9)8(6)10-11;;/h4-6,12H,3,8-11H2,1-2H3;3-5H,1-2H3;2-5H,1H3;;/q2*-1;;;. The molecule has 7 rings (SSSR count). The second-order valence-corrected chi connectivity index (χ2v) is 11.8. The molecule has 1 amide bonds. The van der Waals surface area contributed by atoms with E-state index in [1.807, 2.05) is 78.4 Å². The van der Waals surface area contributed by atoms with Crippen LogP contribution >= 0.6 is 15.9 Å². The van der Waals surface area contributed by atoms with E-state index in [1.165, 1.54) is 30.0 Å². The fourth-order valence-corrected chi connectivity index (χ4v) is 5.64. The molecule has 10 nitrogen and oxygen atoms in total. The maximum Gasteiger partial charge on any atom is 0.344 e. The van der Waals surface area contributed by atoms with E-state index in [2.05, 4.69) is 55.0 Å². The van der Waals surface area contributed by atoms with Gasteiger partial charge >= 0.3 is 5.97 Å². The Labute approximate surface area is 333 Å². The second kappa shape index (κ2) is 17.9. The van der Waals surface area contributed by atoms with Gasteiger partial charge in [-0.2, -0.15) is 53.6 Å². The number of hydrogen-bond donors (Lipinski definition) is 0. The van der Waals surface area contributed by atoms with Crippen molar-refractivity contribution in [3.05, 3.63) is 88.8 Å². The minimum atomic E-state index is -0.380. The van der Waals surface area contributed by atoms with Crippen molar-refractivity contribution in [2.75, 3.05) is 20.2 Å². The third kappa shape index (κ3) is 9.44. The molecule has 0 saturated heterocycles. The van der Waals surface area contributed by atoms with Crippen LogP contribution in [0.4, 0.5) is 0 Å². The number of methoxy groups -OCH3 is 1. The topological polar surface area (TPSA) is 100 Å². The molecule has 2 radical (unpaired) electrons. The van der Waals surface area contributed by atoms with E-state index >= 15 is 0 Å². The van der Waals surface area contributed by atoms with E-state index in [9.17, 15) is 9.59 Å². The molecule has 3 heterocycles. The Kier molecular flexibility index (Phi) is 14.9. The van der Waals surface area contributed by atoms with Gasteiger partial charge in [0.2, 0.25) is 0 Å². The average molecular weight is 848 g/mol. The molecule has 0 spiro atoms. The van der Waals surface area contributed by atoms with Gasteiger partial charge in [-0.15, -0.1) is 0 Å². The fraction of sp³-hybridized carbons (Fsp3) is 0.324. The summed E-state index contributed by atoms with van der Waals surface area (Å²) in [5.74, 6) is 0.425. The quantitative estimate of drug-likeness (QED) is 0.148. The van der Waals surface area contributed by atoms with Crippen LogP contribution in [0, 0.1) is 18.1 Å². The molecule has 1 aliphatic carbocycles. The number of halogens is 1. The van der Waals surface area contributed by atoms with Crippen LogP contribution in [0.3, 0.4) is 0 Å². The summed E-state index contributed by atoms with van der Waals surface area (Å²) in [7, 11) is 6.82. The monoisotopic (exact) mass is 847 g/mol. The Balaban J connectivity index is 0.000000196. The largest absolute Gasteiger partial charge is 0.465 e. The van der Waals surface area contributed by atoms with Gasteiger partial charge in [-0.05, 0) is 58.2 Å². The molecular weight excluding hydrogens is 812 g/mol. The third-order valence-electron chi connectivity index (χ3n) is 7.47. The van der Waals surface area contributed by atoms with Crippen LogP contribution < -0.4 is 0 Å². The van der Waals surface area contributed by atoms with Crippen molar-refractivity contribution >= 4 is 60.5 Å². The summed E-state index contributed by atoms with van der Waals surface area (Å²) >= 11 is 3.43. The summed E-state index contributed by atoms with van der Waals surface area (Å²) < 4.78 is 10.7. The Morgan fingerprint density at radius 2 is 1.51 bits per heavy atom. The van der Waals surface area contributed by atoms with Gasteiger partial charge in [0, 0.05) is 116 Å². The molecule has 0 bridgehead atoms. The van der Waals surface area contributed by atoms with Crippen molar-refractivity contribution in [3.8, 4) is 0 Å². The number of carbonyl (C=O) groups excluding carboxylic acids is 2. The van der Waals surface area contributed by atoms with E-state index in [-0.39, 0.29) is 77.3 Å². The van der Waals surface area contributed by atoms with Crippen LogP contribution in [-0.4, -0.2) is 66.3 Å². The van der Waals surface area contributed by atoms with Gasteiger partial charge in [0.25, 0.3) is 5.91 Å². The van der Waals surface area contributed by atoms with E-state index < -0.39 is 0 Å². The van der Waals surface area contributed by atoms with Gasteiger partial charge in [0.15, 0.2) is 0 Å². The van der Waals surface area contributed by atoms with Crippen LogP contribution in [0.2, 0.25) is 0 Å². The van der Waals surface area contributed by atoms with E-state index in [0.717, 1.165) is 45.8 Å². The van der Waals surface area contributed by atoms with Crippen LogP contribution in [0.15, 0.2) is 65.3 Å². The van der Waals surface area contributed by atoms with Crippen LogP contribution in [0.1, 0.15) is 47.2 Å². The zero-order valence-corrected chi connectivity index (χ0v) is 34.5. The first kappa shape index (κ1) is 39.1. The first-order valence-corrected chi connectivity index (χ1v) is 15.6. The Morgan fingerprint density at radius 1 is 0.915 bits per heavy atom. The van der Waals surface area contributed by atoms with Gasteiger partial charge in [-0.25, -0.2) is 15.0 Å². The van der Waals surface area contributed by atoms with Gasteiger partial charge in [-0.1, -0.05) is 29.8 Å². The summed E-state index contributed by atoms with van der Waals surface area (Å²) in [6, 6.07) is 23.2. The van der Waals surface area contributed by atoms with Crippen molar-refractivity contribution in [1.82, 2.24) is 34.2 Å². The third-order valence-corrected chi connectivity index (χ3v) is 8.11. The minimum absolute atomic E-state index is 0.